The van der Waals surface area contributed by atoms with Gasteiger partial charge in [0.05, 0.1) is 6.10 Å². The molecule has 16 heavy (non-hydrogen) atoms. The van der Waals surface area contributed by atoms with E-state index in [1.165, 1.54) is 0 Å². The van der Waals surface area contributed by atoms with Crippen LogP contribution >= 0.6 is 0 Å². The van der Waals surface area contributed by atoms with Crippen LogP contribution in [0, 0.1) is 6.92 Å². The Morgan fingerprint density at radius 3 is 3.25 bits per heavy atom. The Morgan fingerprint density at radius 1 is 1.75 bits per heavy atom. The Kier molecular flexibility index (Phi) is 3.56. The Labute approximate surface area is 94.8 Å². The van der Waals surface area contributed by atoms with Crippen molar-refractivity contribution in [3.63, 3.8) is 0 Å². The first kappa shape index (κ1) is 11.1. The van der Waals surface area contributed by atoms with E-state index in [4.69, 9.17) is 4.74 Å². The highest BCUT2D eigenvalue weighted by atomic mass is 16.5. The summed E-state index contributed by atoms with van der Waals surface area (Å²) in [6.45, 7) is 3.64. The first-order valence-electron chi connectivity index (χ1n) is 5.62. The van der Waals surface area contributed by atoms with Crippen LogP contribution in [0.15, 0.2) is 12.3 Å². The van der Waals surface area contributed by atoms with E-state index in [0.717, 1.165) is 25.1 Å². The van der Waals surface area contributed by atoms with Crippen molar-refractivity contribution in [1.29, 1.82) is 0 Å². The molecule has 1 N–H and O–H groups in total. The molecule has 1 aromatic rings. The molecule has 2 heterocycles. The number of rotatable bonds is 4. The molecule has 1 amide bonds. The molecule has 5 nitrogen and oxygen atoms in total. The molecule has 0 bridgehead atoms. The second-order valence-electron chi connectivity index (χ2n) is 4.07. The van der Waals surface area contributed by atoms with Gasteiger partial charge in [0, 0.05) is 25.0 Å². The van der Waals surface area contributed by atoms with Crippen molar-refractivity contribution in [2.24, 2.45) is 0 Å². The summed E-state index contributed by atoms with van der Waals surface area (Å²) in [4.78, 5) is 11.6. The van der Waals surface area contributed by atoms with Crippen LogP contribution < -0.4 is 5.32 Å². The SMILES string of the molecule is Cc1ccnn1CC(=O)NCC1CCCO1. The van der Waals surface area contributed by atoms with E-state index in [-0.39, 0.29) is 18.6 Å². The highest BCUT2D eigenvalue weighted by molar-refractivity contribution is 5.75. The number of nitrogens with zero attached hydrogens (tertiary/aromatic N) is 2. The predicted molar refractivity (Wildman–Crippen MR) is 58.9 cm³/mol. The number of amides is 1. The molecule has 2 rings (SSSR count). The van der Waals surface area contributed by atoms with E-state index in [1.54, 1.807) is 10.9 Å². The van der Waals surface area contributed by atoms with Gasteiger partial charge >= 0.3 is 0 Å². The van der Waals surface area contributed by atoms with Crippen molar-refractivity contribution in [3.8, 4) is 0 Å². The number of hydrogen-bond acceptors (Lipinski definition) is 3. The summed E-state index contributed by atoms with van der Waals surface area (Å²) in [7, 11) is 0. The van der Waals surface area contributed by atoms with Crippen LogP contribution in [0.3, 0.4) is 0 Å². The summed E-state index contributed by atoms with van der Waals surface area (Å²) in [6, 6.07) is 1.88. The molecule has 1 unspecified atom stereocenters. The lowest BCUT2D eigenvalue weighted by molar-refractivity contribution is -0.122. The van der Waals surface area contributed by atoms with Gasteiger partial charge in [-0.25, -0.2) is 0 Å². The highest BCUT2D eigenvalue weighted by Crippen LogP contribution is 2.10. The lowest BCUT2D eigenvalue weighted by atomic mass is 10.2. The number of nitrogens with one attached hydrogen (secondary N) is 1. The van der Waals surface area contributed by atoms with Crippen molar-refractivity contribution in [3.05, 3.63) is 18.0 Å². The maximum absolute atomic E-state index is 11.6. The van der Waals surface area contributed by atoms with Crippen LogP contribution in [0.25, 0.3) is 0 Å². The summed E-state index contributed by atoms with van der Waals surface area (Å²) >= 11 is 0. The van der Waals surface area contributed by atoms with Gasteiger partial charge in [-0.15, -0.1) is 0 Å². The summed E-state index contributed by atoms with van der Waals surface area (Å²) in [6.07, 6.45) is 4.03. The van der Waals surface area contributed by atoms with Gasteiger partial charge in [-0.1, -0.05) is 0 Å². The van der Waals surface area contributed by atoms with E-state index in [2.05, 4.69) is 10.4 Å². The second-order valence-corrected chi connectivity index (χ2v) is 4.07. The largest absolute Gasteiger partial charge is 0.376 e. The third-order valence-corrected chi connectivity index (χ3v) is 2.77. The maximum Gasteiger partial charge on any atom is 0.241 e. The Bertz CT molecular complexity index is 356. The molecule has 0 aliphatic carbocycles. The highest BCUT2D eigenvalue weighted by Gasteiger charge is 2.16. The fourth-order valence-corrected chi connectivity index (χ4v) is 1.79. The Balaban J connectivity index is 1.74. The minimum absolute atomic E-state index is 0.0118. The third-order valence-electron chi connectivity index (χ3n) is 2.77. The van der Waals surface area contributed by atoms with Crippen molar-refractivity contribution in [2.45, 2.75) is 32.4 Å². The van der Waals surface area contributed by atoms with Crippen LogP contribution in [0.5, 0.6) is 0 Å². The summed E-state index contributed by atoms with van der Waals surface area (Å²) in [5.41, 5.74) is 0.993. The number of ether oxygens (including phenoxy) is 1. The van der Waals surface area contributed by atoms with Gasteiger partial charge in [-0.2, -0.15) is 5.10 Å². The van der Waals surface area contributed by atoms with Gasteiger partial charge in [0.1, 0.15) is 6.54 Å². The molecule has 1 saturated heterocycles. The number of hydrogen-bond donors (Lipinski definition) is 1. The first-order valence-corrected chi connectivity index (χ1v) is 5.62. The number of aromatic nitrogens is 2. The monoisotopic (exact) mass is 223 g/mol. The predicted octanol–water partition coefficient (Wildman–Crippen LogP) is 0.487. The van der Waals surface area contributed by atoms with Crippen molar-refractivity contribution in [1.82, 2.24) is 15.1 Å². The lowest BCUT2D eigenvalue weighted by Gasteiger charge is -2.11. The van der Waals surface area contributed by atoms with Crippen molar-refractivity contribution >= 4 is 5.91 Å². The molecule has 0 saturated carbocycles. The van der Waals surface area contributed by atoms with E-state index in [1.807, 2.05) is 13.0 Å². The maximum atomic E-state index is 11.6. The van der Waals surface area contributed by atoms with E-state index >= 15 is 0 Å². The number of carbonyl (C=O) groups excluding carboxylic acids is 1. The van der Waals surface area contributed by atoms with E-state index < -0.39 is 0 Å². The summed E-state index contributed by atoms with van der Waals surface area (Å²) < 4.78 is 7.11. The third kappa shape index (κ3) is 2.82. The van der Waals surface area contributed by atoms with Gasteiger partial charge in [0.25, 0.3) is 0 Å². The average molecular weight is 223 g/mol. The molecule has 1 aliphatic rings. The topological polar surface area (TPSA) is 56.2 Å². The molecule has 1 atom stereocenters. The number of aryl methyl sites for hydroxylation is 1. The van der Waals surface area contributed by atoms with Crippen LogP contribution in [-0.4, -0.2) is 34.9 Å². The molecule has 88 valence electrons. The fourth-order valence-electron chi connectivity index (χ4n) is 1.79. The smallest absolute Gasteiger partial charge is 0.241 e. The van der Waals surface area contributed by atoms with E-state index in [0.29, 0.717) is 6.54 Å². The molecule has 0 radical (unpaired) electrons. The van der Waals surface area contributed by atoms with Gasteiger partial charge in [0.15, 0.2) is 0 Å². The second kappa shape index (κ2) is 5.12. The lowest BCUT2D eigenvalue weighted by Crippen LogP contribution is -2.34. The summed E-state index contributed by atoms with van der Waals surface area (Å²) in [5, 5.41) is 6.93. The molecule has 1 aromatic heterocycles. The normalized spacial score (nSPS) is 19.9. The van der Waals surface area contributed by atoms with Crippen LogP contribution in [-0.2, 0) is 16.1 Å². The minimum Gasteiger partial charge on any atom is -0.376 e. The zero-order valence-electron chi connectivity index (χ0n) is 9.48. The molecule has 0 spiro atoms. The molecule has 1 aliphatic heterocycles. The van der Waals surface area contributed by atoms with Gasteiger partial charge in [0.2, 0.25) is 5.91 Å². The molecule has 1 fully saturated rings. The van der Waals surface area contributed by atoms with Crippen LogP contribution in [0.2, 0.25) is 0 Å². The standard InChI is InChI=1S/C11H17N3O2/c1-9-4-5-13-14(9)8-11(15)12-7-10-3-2-6-16-10/h4-5,10H,2-3,6-8H2,1H3,(H,12,15). The molecule has 0 aromatic carbocycles. The molecule has 5 heteroatoms. The zero-order chi connectivity index (χ0) is 11.4. The average Bonchev–Trinajstić information content (AvgIpc) is 2.88. The Hall–Kier alpha value is -1.36. The van der Waals surface area contributed by atoms with Gasteiger partial charge < -0.3 is 10.1 Å². The van der Waals surface area contributed by atoms with Gasteiger partial charge in [-0.3, -0.25) is 9.48 Å². The van der Waals surface area contributed by atoms with Crippen LogP contribution in [0.1, 0.15) is 18.5 Å². The Morgan fingerprint density at radius 2 is 2.62 bits per heavy atom. The minimum atomic E-state index is -0.0118. The van der Waals surface area contributed by atoms with Crippen molar-refractivity contribution < 1.29 is 9.53 Å². The quantitative estimate of drug-likeness (QED) is 0.808. The number of carbonyl (C=O) groups is 1. The summed E-state index contributed by atoms with van der Waals surface area (Å²) in [5.74, 6) is -0.0118. The fraction of sp³-hybridized carbons (Fsp3) is 0.636. The van der Waals surface area contributed by atoms with Crippen LogP contribution in [0.4, 0.5) is 0 Å². The van der Waals surface area contributed by atoms with E-state index in [9.17, 15) is 4.79 Å². The first-order chi connectivity index (χ1) is 7.75. The molecular weight excluding hydrogens is 206 g/mol. The molecular formula is C11H17N3O2. The van der Waals surface area contributed by atoms with Crippen molar-refractivity contribution in [2.75, 3.05) is 13.2 Å². The van der Waals surface area contributed by atoms with Gasteiger partial charge in [-0.05, 0) is 25.8 Å². The zero-order valence-corrected chi connectivity index (χ0v) is 9.48.